The van der Waals surface area contributed by atoms with Crippen molar-refractivity contribution in [3.05, 3.63) is 0 Å². The van der Waals surface area contributed by atoms with Crippen LogP contribution in [0, 0.1) is 0 Å². The normalized spacial score (nSPS) is 9.33. The van der Waals surface area contributed by atoms with Crippen molar-refractivity contribution in [2.45, 2.75) is 26.4 Å². The number of rotatable bonds is 2. The maximum absolute atomic E-state index is 10.8. The maximum atomic E-state index is 10.8. The predicted molar refractivity (Wildman–Crippen MR) is 54.3 cm³/mol. The van der Waals surface area contributed by atoms with Gasteiger partial charge in [-0.1, -0.05) is 0 Å². The summed E-state index contributed by atoms with van der Waals surface area (Å²) in [6, 6.07) is 0. The van der Waals surface area contributed by atoms with Crippen molar-refractivity contribution < 1.29 is 9.53 Å². The highest BCUT2D eigenvalue weighted by atomic mass is 35.5. The Labute approximate surface area is 86.1 Å². The summed E-state index contributed by atoms with van der Waals surface area (Å²) in [4.78, 5) is 10.8. The molecule has 3 nitrogen and oxygen atoms in total. The van der Waals surface area contributed by atoms with E-state index in [-0.39, 0.29) is 42.9 Å². The zero-order chi connectivity index (χ0) is 8.20. The molecule has 12 heavy (non-hydrogen) atoms. The van der Waals surface area contributed by atoms with Crippen molar-refractivity contribution in [2.75, 3.05) is 13.6 Å². The molecule has 0 heterocycles. The van der Waals surface area contributed by atoms with Crippen LogP contribution >= 0.6 is 24.8 Å². The summed E-state index contributed by atoms with van der Waals surface area (Å²) in [6.07, 6.45) is 0. The number of esters is 1. The van der Waals surface area contributed by atoms with E-state index in [1.807, 2.05) is 20.8 Å². The van der Waals surface area contributed by atoms with Crippen LogP contribution in [0.3, 0.4) is 0 Å². The lowest BCUT2D eigenvalue weighted by Gasteiger charge is -2.19. The first-order valence-electron chi connectivity index (χ1n) is 3.32. The minimum atomic E-state index is -0.367. The second kappa shape index (κ2) is 7.65. The average molecular weight is 218 g/mol. The summed E-state index contributed by atoms with van der Waals surface area (Å²) in [5.41, 5.74) is -0.367. The molecule has 0 radical (unpaired) electrons. The van der Waals surface area contributed by atoms with Gasteiger partial charge >= 0.3 is 5.97 Å². The van der Waals surface area contributed by atoms with Gasteiger partial charge in [-0.15, -0.1) is 24.8 Å². The minimum Gasteiger partial charge on any atom is -0.459 e. The standard InChI is InChI=1S/C7H15NO2.2ClH/c1-7(2,3)10-6(9)5-8-4;;/h8H,5H2,1-4H3;2*1H. The van der Waals surface area contributed by atoms with Crippen LogP contribution in [-0.2, 0) is 9.53 Å². The van der Waals surface area contributed by atoms with Gasteiger partial charge in [0.05, 0.1) is 6.54 Å². The van der Waals surface area contributed by atoms with Gasteiger partial charge in [-0.25, -0.2) is 0 Å². The van der Waals surface area contributed by atoms with Crippen molar-refractivity contribution in [1.82, 2.24) is 5.32 Å². The van der Waals surface area contributed by atoms with E-state index in [4.69, 9.17) is 4.74 Å². The molecule has 0 amide bonds. The summed E-state index contributed by atoms with van der Waals surface area (Å²) in [5, 5.41) is 2.72. The van der Waals surface area contributed by atoms with E-state index in [2.05, 4.69) is 5.32 Å². The molecule has 0 unspecified atom stereocenters. The SMILES string of the molecule is CNCC(=O)OC(C)(C)C.Cl.Cl. The highest BCUT2D eigenvalue weighted by molar-refractivity contribution is 5.85. The van der Waals surface area contributed by atoms with Gasteiger partial charge in [0.1, 0.15) is 5.60 Å². The van der Waals surface area contributed by atoms with E-state index in [1.165, 1.54) is 0 Å². The molecule has 0 aromatic rings. The van der Waals surface area contributed by atoms with Gasteiger partial charge in [0.25, 0.3) is 0 Å². The van der Waals surface area contributed by atoms with Crippen LogP contribution in [0.4, 0.5) is 0 Å². The van der Waals surface area contributed by atoms with Crippen LogP contribution in [-0.4, -0.2) is 25.2 Å². The van der Waals surface area contributed by atoms with Crippen LogP contribution in [0.15, 0.2) is 0 Å². The molecule has 0 rings (SSSR count). The van der Waals surface area contributed by atoms with Crippen LogP contribution in [0.2, 0.25) is 0 Å². The van der Waals surface area contributed by atoms with E-state index in [1.54, 1.807) is 7.05 Å². The Kier molecular flexibility index (Phi) is 11.4. The lowest BCUT2D eigenvalue weighted by molar-refractivity contribution is -0.153. The molecule has 0 aromatic carbocycles. The van der Waals surface area contributed by atoms with Crippen LogP contribution in [0.1, 0.15) is 20.8 Å². The van der Waals surface area contributed by atoms with Crippen molar-refractivity contribution in [2.24, 2.45) is 0 Å². The van der Waals surface area contributed by atoms with Gasteiger partial charge in [-0.05, 0) is 27.8 Å². The smallest absolute Gasteiger partial charge is 0.320 e. The lowest BCUT2D eigenvalue weighted by atomic mass is 10.2. The molecule has 0 saturated heterocycles. The van der Waals surface area contributed by atoms with Gasteiger partial charge in [-0.2, -0.15) is 0 Å². The van der Waals surface area contributed by atoms with Gasteiger partial charge < -0.3 is 10.1 Å². The fourth-order valence-electron chi connectivity index (χ4n) is 0.522. The molecule has 0 spiro atoms. The van der Waals surface area contributed by atoms with Gasteiger partial charge in [0.15, 0.2) is 0 Å². The van der Waals surface area contributed by atoms with E-state index in [0.717, 1.165) is 0 Å². The van der Waals surface area contributed by atoms with Crippen molar-refractivity contribution in [1.29, 1.82) is 0 Å². The number of halogens is 2. The number of carbonyl (C=O) groups excluding carboxylic acids is 1. The Hall–Kier alpha value is 0.01000. The molecule has 0 aliphatic heterocycles. The second-order valence-corrected chi connectivity index (χ2v) is 3.12. The summed E-state index contributed by atoms with van der Waals surface area (Å²) in [7, 11) is 1.71. The van der Waals surface area contributed by atoms with Gasteiger partial charge in [-0.3, -0.25) is 4.79 Å². The summed E-state index contributed by atoms with van der Waals surface area (Å²) in [6.45, 7) is 5.82. The van der Waals surface area contributed by atoms with Crippen molar-refractivity contribution >= 4 is 30.8 Å². The van der Waals surface area contributed by atoms with Crippen molar-refractivity contribution in [3.63, 3.8) is 0 Å². The van der Waals surface area contributed by atoms with E-state index in [9.17, 15) is 4.79 Å². The van der Waals surface area contributed by atoms with Gasteiger partial charge in [0.2, 0.25) is 0 Å². The molecule has 0 fully saturated rings. The number of carbonyl (C=O) groups is 1. The second-order valence-electron chi connectivity index (χ2n) is 3.12. The molecular weight excluding hydrogens is 201 g/mol. The molecule has 0 aliphatic carbocycles. The predicted octanol–water partition coefficient (Wildman–Crippen LogP) is 1.39. The Bertz CT molecular complexity index is 123. The number of hydrogen-bond acceptors (Lipinski definition) is 3. The third-order valence-electron chi connectivity index (χ3n) is 0.741. The third-order valence-corrected chi connectivity index (χ3v) is 0.741. The number of ether oxygens (including phenoxy) is 1. The lowest BCUT2D eigenvalue weighted by Crippen LogP contribution is -2.29. The quantitative estimate of drug-likeness (QED) is 0.712. The summed E-state index contributed by atoms with van der Waals surface area (Å²) >= 11 is 0. The Morgan fingerprint density at radius 3 is 2.00 bits per heavy atom. The molecule has 0 aliphatic rings. The highest BCUT2D eigenvalue weighted by Gasteiger charge is 2.14. The van der Waals surface area contributed by atoms with Crippen LogP contribution in [0.25, 0.3) is 0 Å². The highest BCUT2D eigenvalue weighted by Crippen LogP contribution is 2.05. The van der Waals surface area contributed by atoms with Crippen molar-refractivity contribution in [3.8, 4) is 0 Å². The molecule has 0 aromatic heterocycles. The number of likely N-dealkylation sites (N-methyl/N-ethyl adjacent to an activating group) is 1. The molecule has 0 atom stereocenters. The molecule has 0 saturated carbocycles. The topological polar surface area (TPSA) is 38.3 Å². The summed E-state index contributed by atoms with van der Waals surface area (Å²) < 4.78 is 4.98. The van der Waals surface area contributed by atoms with E-state index < -0.39 is 0 Å². The Morgan fingerprint density at radius 1 is 1.33 bits per heavy atom. The van der Waals surface area contributed by atoms with E-state index in [0.29, 0.717) is 0 Å². The Balaban J connectivity index is -0.000000405. The Morgan fingerprint density at radius 2 is 1.75 bits per heavy atom. The maximum Gasteiger partial charge on any atom is 0.320 e. The molecule has 5 heteroatoms. The minimum absolute atomic E-state index is 0. The zero-order valence-electron chi connectivity index (χ0n) is 7.84. The first-order chi connectivity index (χ1) is 4.45. The molecule has 76 valence electrons. The molecule has 0 bridgehead atoms. The first kappa shape index (κ1) is 17.9. The average Bonchev–Trinajstić information content (AvgIpc) is 1.59. The zero-order valence-corrected chi connectivity index (χ0v) is 9.47. The first-order valence-corrected chi connectivity index (χ1v) is 3.32. The molecule has 1 N–H and O–H groups in total. The number of hydrogen-bond donors (Lipinski definition) is 1. The fourth-order valence-corrected chi connectivity index (χ4v) is 0.522. The van der Waals surface area contributed by atoms with Gasteiger partial charge in [0, 0.05) is 0 Å². The number of nitrogens with one attached hydrogen (secondary N) is 1. The van der Waals surface area contributed by atoms with Crippen LogP contribution in [0.5, 0.6) is 0 Å². The van der Waals surface area contributed by atoms with E-state index >= 15 is 0 Å². The van der Waals surface area contributed by atoms with Crippen LogP contribution < -0.4 is 5.32 Å². The third kappa shape index (κ3) is 12.7. The molecular formula is C7H17Cl2NO2. The monoisotopic (exact) mass is 217 g/mol. The summed E-state index contributed by atoms with van der Waals surface area (Å²) in [5.74, 6) is -0.213. The largest absolute Gasteiger partial charge is 0.459 e. The fraction of sp³-hybridized carbons (Fsp3) is 0.857.